The van der Waals surface area contributed by atoms with E-state index in [4.69, 9.17) is 4.74 Å². The summed E-state index contributed by atoms with van der Waals surface area (Å²) in [4.78, 5) is 1.41. The van der Waals surface area contributed by atoms with Gasteiger partial charge < -0.3 is 10.1 Å². The Labute approximate surface area is 96.7 Å². The molecule has 0 fully saturated rings. The Bertz CT molecular complexity index is 236. The summed E-state index contributed by atoms with van der Waals surface area (Å²) in [5.74, 6) is 0. The molecule has 0 radical (unpaired) electrons. The van der Waals surface area contributed by atoms with Crippen LogP contribution in [0.1, 0.15) is 25.1 Å². The van der Waals surface area contributed by atoms with Crippen molar-refractivity contribution in [1.29, 1.82) is 0 Å². The number of nitrogens with one attached hydrogen (secondary N) is 1. The Kier molecular flexibility index (Phi) is 6.64. The van der Waals surface area contributed by atoms with Gasteiger partial charge in [0.05, 0.1) is 13.2 Å². The predicted octanol–water partition coefficient (Wildman–Crippen LogP) is 2.70. The van der Waals surface area contributed by atoms with Crippen molar-refractivity contribution in [2.24, 2.45) is 0 Å². The summed E-state index contributed by atoms with van der Waals surface area (Å²) < 4.78 is 5.55. The first kappa shape index (κ1) is 12.7. The molecule has 1 aromatic rings. The SMILES string of the molecule is CCC(C)NCCOCCc1cccs1. The average molecular weight is 227 g/mol. The third-order valence-corrected chi connectivity index (χ3v) is 3.36. The van der Waals surface area contributed by atoms with Gasteiger partial charge in [0, 0.05) is 23.9 Å². The van der Waals surface area contributed by atoms with E-state index in [1.54, 1.807) is 11.3 Å². The van der Waals surface area contributed by atoms with Crippen LogP contribution in [0.5, 0.6) is 0 Å². The quantitative estimate of drug-likeness (QED) is 0.689. The number of rotatable bonds is 8. The van der Waals surface area contributed by atoms with E-state index in [1.807, 2.05) is 0 Å². The molecule has 0 spiro atoms. The second-order valence-electron chi connectivity index (χ2n) is 3.71. The maximum Gasteiger partial charge on any atom is 0.0591 e. The van der Waals surface area contributed by atoms with Gasteiger partial charge in [-0.2, -0.15) is 0 Å². The summed E-state index contributed by atoms with van der Waals surface area (Å²) in [6, 6.07) is 4.85. The highest BCUT2D eigenvalue weighted by atomic mass is 32.1. The van der Waals surface area contributed by atoms with Gasteiger partial charge in [-0.1, -0.05) is 13.0 Å². The zero-order valence-corrected chi connectivity index (χ0v) is 10.5. The maximum absolute atomic E-state index is 5.55. The molecule has 86 valence electrons. The van der Waals surface area contributed by atoms with Gasteiger partial charge in [-0.25, -0.2) is 0 Å². The van der Waals surface area contributed by atoms with Crippen molar-refractivity contribution >= 4 is 11.3 Å². The Morgan fingerprint density at radius 1 is 1.47 bits per heavy atom. The highest BCUT2D eigenvalue weighted by Gasteiger charge is 1.96. The third-order valence-electron chi connectivity index (χ3n) is 2.42. The normalized spacial score (nSPS) is 12.9. The predicted molar refractivity (Wildman–Crippen MR) is 66.6 cm³/mol. The van der Waals surface area contributed by atoms with Gasteiger partial charge in [-0.3, -0.25) is 0 Å². The summed E-state index contributed by atoms with van der Waals surface area (Å²) in [6.45, 7) is 7.00. The molecule has 1 aromatic heterocycles. The average Bonchev–Trinajstić information content (AvgIpc) is 2.75. The first-order chi connectivity index (χ1) is 7.33. The van der Waals surface area contributed by atoms with Crippen LogP contribution in [0.3, 0.4) is 0 Å². The van der Waals surface area contributed by atoms with E-state index in [1.165, 1.54) is 11.3 Å². The standard InChI is InChI=1S/C12H21NOS/c1-3-11(2)13-7-9-14-8-6-12-5-4-10-15-12/h4-5,10-11,13H,3,6-9H2,1-2H3. The molecule has 1 unspecified atom stereocenters. The number of hydrogen-bond acceptors (Lipinski definition) is 3. The fourth-order valence-electron chi connectivity index (χ4n) is 1.25. The summed E-state index contributed by atoms with van der Waals surface area (Å²) in [7, 11) is 0. The lowest BCUT2D eigenvalue weighted by Gasteiger charge is -2.10. The summed E-state index contributed by atoms with van der Waals surface area (Å²) in [6.07, 6.45) is 2.22. The molecule has 0 aliphatic carbocycles. The van der Waals surface area contributed by atoms with Crippen molar-refractivity contribution in [3.63, 3.8) is 0 Å². The van der Waals surface area contributed by atoms with Gasteiger partial charge >= 0.3 is 0 Å². The van der Waals surface area contributed by atoms with E-state index < -0.39 is 0 Å². The largest absolute Gasteiger partial charge is 0.380 e. The molecule has 0 saturated heterocycles. The van der Waals surface area contributed by atoms with Crippen LogP contribution < -0.4 is 5.32 Å². The highest BCUT2D eigenvalue weighted by molar-refractivity contribution is 7.09. The Balaban J connectivity index is 1.89. The Morgan fingerprint density at radius 2 is 2.33 bits per heavy atom. The minimum Gasteiger partial charge on any atom is -0.380 e. The molecule has 3 heteroatoms. The van der Waals surface area contributed by atoms with Crippen molar-refractivity contribution < 1.29 is 4.74 Å². The lowest BCUT2D eigenvalue weighted by Crippen LogP contribution is -2.28. The molecule has 0 aromatic carbocycles. The van der Waals surface area contributed by atoms with Crippen LogP contribution in [0.4, 0.5) is 0 Å². The first-order valence-corrected chi connectivity index (χ1v) is 6.54. The summed E-state index contributed by atoms with van der Waals surface area (Å²) >= 11 is 1.80. The monoisotopic (exact) mass is 227 g/mol. The molecule has 1 atom stereocenters. The van der Waals surface area contributed by atoms with Gasteiger partial charge in [-0.15, -0.1) is 11.3 Å². The van der Waals surface area contributed by atoms with Crippen LogP contribution in [0, 0.1) is 0 Å². The van der Waals surface area contributed by atoms with Gasteiger partial charge in [0.1, 0.15) is 0 Å². The summed E-state index contributed by atoms with van der Waals surface area (Å²) in [5, 5.41) is 5.51. The van der Waals surface area contributed by atoms with E-state index in [0.717, 1.165) is 26.2 Å². The fourth-order valence-corrected chi connectivity index (χ4v) is 1.94. The van der Waals surface area contributed by atoms with Crippen molar-refractivity contribution in [3.05, 3.63) is 22.4 Å². The molecule has 0 bridgehead atoms. The molecular weight excluding hydrogens is 206 g/mol. The molecule has 1 rings (SSSR count). The smallest absolute Gasteiger partial charge is 0.0591 e. The number of thiophene rings is 1. The number of hydrogen-bond donors (Lipinski definition) is 1. The maximum atomic E-state index is 5.55. The van der Waals surface area contributed by atoms with Crippen LogP contribution >= 0.6 is 11.3 Å². The number of ether oxygens (including phenoxy) is 1. The topological polar surface area (TPSA) is 21.3 Å². The molecule has 0 aliphatic rings. The van der Waals surface area contributed by atoms with Crippen LogP contribution in [-0.2, 0) is 11.2 Å². The minimum absolute atomic E-state index is 0.603. The van der Waals surface area contributed by atoms with Crippen LogP contribution in [0.15, 0.2) is 17.5 Å². The van der Waals surface area contributed by atoms with Gasteiger partial charge in [0.25, 0.3) is 0 Å². The van der Waals surface area contributed by atoms with E-state index in [-0.39, 0.29) is 0 Å². The second kappa shape index (κ2) is 7.85. The zero-order valence-electron chi connectivity index (χ0n) is 9.66. The van der Waals surface area contributed by atoms with Crippen LogP contribution in [-0.4, -0.2) is 25.8 Å². The molecule has 0 saturated carbocycles. The lowest BCUT2D eigenvalue weighted by molar-refractivity contribution is 0.137. The van der Waals surface area contributed by atoms with Crippen LogP contribution in [0.25, 0.3) is 0 Å². The van der Waals surface area contributed by atoms with Crippen LogP contribution in [0.2, 0.25) is 0 Å². The Morgan fingerprint density at radius 3 is 3.00 bits per heavy atom. The highest BCUT2D eigenvalue weighted by Crippen LogP contribution is 2.08. The van der Waals surface area contributed by atoms with E-state index >= 15 is 0 Å². The second-order valence-corrected chi connectivity index (χ2v) is 4.74. The molecule has 2 nitrogen and oxygen atoms in total. The zero-order chi connectivity index (χ0) is 10.9. The molecule has 1 heterocycles. The Hall–Kier alpha value is -0.380. The molecule has 1 N–H and O–H groups in total. The van der Waals surface area contributed by atoms with E-state index in [0.29, 0.717) is 6.04 Å². The molecule has 15 heavy (non-hydrogen) atoms. The van der Waals surface area contributed by atoms with E-state index in [9.17, 15) is 0 Å². The molecule has 0 amide bonds. The lowest BCUT2D eigenvalue weighted by atomic mass is 10.3. The minimum atomic E-state index is 0.603. The third kappa shape index (κ3) is 5.92. The van der Waals surface area contributed by atoms with Crippen molar-refractivity contribution in [3.8, 4) is 0 Å². The fraction of sp³-hybridized carbons (Fsp3) is 0.667. The first-order valence-electron chi connectivity index (χ1n) is 5.66. The van der Waals surface area contributed by atoms with Gasteiger partial charge in [-0.05, 0) is 24.8 Å². The molecular formula is C12H21NOS. The molecule has 0 aliphatic heterocycles. The van der Waals surface area contributed by atoms with Gasteiger partial charge in [0.2, 0.25) is 0 Å². The van der Waals surface area contributed by atoms with Crippen molar-refractivity contribution in [2.75, 3.05) is 19.8 Å². The summed E-state index contributed by atoms with van der Waals surface area (Å²) in [5.41, 5.74) is 0. The van der Waals surface area contributed by atoms with E-state index in [2.05, 4.69) is 36.7 Å². The van der Waals surface area contributed by atoms with Crippen molar-refractivity contribution in [2.45, 2.75) is 32.7 Å². The van der Waals surface area contributed by atoms with Crippen molar-refractivity contribution in [1.82, 2.24) is 5.32 Å². The van der Waals surface area contributed by atoms with Gasteiger partial charge in [0.15, 0.2) is 0 Å².